The van der Waals surface area contributed by atoms with Gasteiger partial charge in [0.25, 0.3) is 10.0 Å². The number of carbonyl (C=O) groups excluding carboxylic acids is 1. The van der Waals surface area contributed by atoms with Crippen LogP contribution in [0.3, 0.4) is 0 Å². The second-order valence-corrected chi connectivity index (χ2v) is 12.1. The van der Waals surface area contributed by atoms with Gasteiger partial charge in [-0.2, -0.15) is 8.42 Å². The summed E-state index contributed by atoms with van der Waals surface area (Å²) in [5.74, 6) is -0.764. The Kier molecular flexibility index (Phi) is 5.34. The number of hydrogen-bond donors (Lipinski definition) is 3. The van der Waals surface area contributed by atoms with Crippen LogP contribution in [0.2, 0.25) is 0 Å². The van der Waals surface area contributed by atoms with Crippen LogP contribution in [0, 0.1) is 5.41 Å². The van der Waals surface area contributed by atoms with E-state index < -0.39 is 15.4 Å². The molecule has 4 rings (SSSR count). The number of nitrogens with one attached hydrogen (secondary N) is 1. The molecule has 0 radical (unpaired) electrons. The van der Waals surface area contributed by atoms with E-state index in [4.69, 9.17) is 5.73 Å². The molecule has 170 valence electrons. The molecular formula is C23H27N3O4S2. The molecule has 7 nitrogen and oxygen atoms in total. The Morgan fingerprint density at radius 2 is 1.94 bits per heavy atom. The van der Waals surface area contributed by atoms with Crippen LogP contribution < -0.4 is 11.1 Å². The Labute approximate surface area is 192 Å². The van der Waals surface area contributed by atoms with Gasteiger partial charge in [-0.05, 0) is 41.7 Å². The highest BCUT2D eigenvalue weighted by Gasteiger charge is 2.47. The quantitative estimate of drug-likeness (QED) is 0.607. The molecule has 32 heavy (non-hydrogen) atoms. The van der Waals surface area contributed by atoms with E-state index in [2.05, 4.69) is 30.5 Å². The van der Waals surface area contributed by atoms with Crippen molar-refractivity contribution in [3.63, 3.8) is 0 Å². The van der Waals surface area contributed by atoms with E-state index in [9.17, 15) is 18.3 Å². The van der Waals surface area contributed by atoms with Gasteiger partial charge in [0, 0.05) is 12.1 Å². The van der Waals surface area contributed by atoms with Crippen LogP contribution in [0.4, 0.5) is 5.00 Å². The highest BCUT2D eigenvalue weighted by Crippen LogP contribution is 2.45. The zero-order chi connectivity index (χ0) is 23.5. The molecule has 0 saturated carbocycles. The first-order valence-electron chi connectivity index (χ1n) is 10.4. The molecular weight excluding hydrogens is 446 g/mol. The van der Waals surface area contributed by atoms with E-state index in [1.165, 1.54) is 11.3 Å². The van der Waals surface area contributed by atoms with Crippen molar-refractivity contribution in [1.29, 1.82) is 0 Å². The van der Waals surface area contributed by atoms with Gasteiger partial charge in [0.15, 0.2) is 11.6 Å². The van der Waals surface area contributed by atoms with Crippen LogP contribution in [0.5, 0.6) is 0 Å². The highest BCUT2D eigenvalue weighted by atomic mass is 32.2. The molecule has 1 aliphatic carbocycles. The summed E-state index contributed by atoms with van der Waals surface area (Å²) in [6.45, 7) is 8.24. The molecule has 9 heteroatoms. The second kappa shape index (κ2) is 7.54. The summed E-state index contributed by atoms with van der Waals surface area (Å²) in [7, 11) is -4.08. The third-order valence-electron chi connectivity index (χ3n) is 6.09. The van der Waals surface area contributed by atoms with Gasteiger partial charge in [0.2, 0.25) is 0 Å². The molecule has 2 aliphatic rings. The van der Waals surface area contributed by atoms with Gasteiger partial charge in [-0.1, -0.05) is 45.0 Å². The Hall–Kier alpha value is -2.49. The number of hydrogen-bond acceptors (Lipinski definition) is 7. The maximum absolute atomic E-state index is 13.9. The van der Waals surface area contributed by atoms with E-state index in [0.717, 1.165) is 12.0 Å². The van der Waals surface area contributed by atoms with Gasteiger partial charge in [0.05, 0.1) is 5.41 Å². The fraction of sp³-hybridized carbons (Fsp3) is 0.391. The fourth-order valence-corrected chi connectivity index (χ4v) is 6.83. The molecule has 4 N–H and O–H groups in total. The molecule has 0 unspecified atom stereocenters. The van der Waals surface area contributed by atoms with Crippen molar-refractivity contribution in [3.05, 3.63) is 51.9 Å². The maximum atomic E-state index is 13.9. The number of amidine groups is 1. The number of rotatable bonds is 4. The fourth-order valence-electron chi connectivity index (χ4n) is 4.20. The van der Waals surface area contributed by atoms with Crippen LogP contribution in [0.25, 0.3) is 5.76 Å². The van der Waals surface area contributed by atoms with Crippen molar-refractivity contribution in [2.24, 2.45) is 15.5 Å². The zero-order valence-corrected chi connectivity index (χ0v) is 20.2. The minimum Gasteiger partial charge on any atom is -0.506 e. The van der Waals surface area contributed by atoms with Crippen molar-refractivity contribution in [3.8, 4) is 0 Å². The number of thiophene rings is 1. The summed E-state index contributed by atoms with van der Waals surface area (Å²) in [6, 6.07) is 7.21. The molecule has 0 spiro atoms. The summed E-state index contributed by atoms with van der Waals surface area (Å²) in [6.07, 6.45) is 1.31. The molecule has 1 atom stereocenters. The highest BCUT2D eigenvalue weighted by molar-refractivity contribution is 7.90. The van der Waals surface area contributed by atoms with E-state index in [-0.39, 0.29) is 39.8 Å². The van der Waals surface area contributed by atoms with Crippen molar-refractivity contribution in [1.82, 2.24) is 0 Å². The first-order chi connectivity index (χ1) is 14.9. The molecule has 1 aliphatic heterocycles. The number of anilines is 1. The number of nitrogens with two attached hydrogens (primary N) is 1. The van der Waals surface area contributed by atoms with Crippen molar-refractivity contribution < 1.29 is 18.3 Å². The van der Waals surface area contributed by atoms with E-state index >= 15 is 0 Å². The SMILES string of the molecule is CC(C)(C)CC[C@]1(C)C(=O)C(C2=NS(=O)(=O)c3c(CN)csc3N2)=C(O)c2ccccc21. The minimum atomic E-state index is -4.08. The van der Waals surface area contributed by atoms with E-state index in [0.29, 0.717) is 22.5 Å². The molecule has 0 bridgehead atoms. The van der Waals surface area contributed by atoms with Crippen LogP contribution in [-0.2, 0) is 26.8 Å². The lowest BCUT2D eigenvalue weighted by molar-refractivity contribution is -0.120. The van der Waals surface area contributed by atoms with Gasteiger partial charge in [-0.15, -0.1) is 15.7 Å². The van der Waals surface area contributed by atoms with Gasteiger partial charge < -0.3 is 16.2 Å². The summed E-state index contributed by atoms with van der Waals surface area (Å²) in [4.78, 5) is 13.9. The normalized spacial score (nSPS) is 22.2. The predicted octanol–water partition coefficient (Wildman–Crippen LogP) is 4.36. The van der Waals surface area contributed by atoms with Crippen LogP contribution >= 0.6 is 11.3 Å². The van der Waals surface area contributed by atoms with E-state index in [1.807, 2.05) is 19.1 Å². The Balaban J connectivity index is 1.88. The minimum absolute atomic E-state index is 0.00393. The summed E-state index contributed by atoms with van der Waals surface area (Å²) in [5, 5.41) is 16.1. The number of carbonyl (C=O) groups is 1. The van der Waals surface area contributed by atoms with Crippen LogP contribution in [0.1, 0.15) is 57.2 Å². The summed E-state index contributed by atoms with van der Waals surface area (Å²) >= 11 is 1.18. The van der Waals surface area contributed by atoms with Crippen LogP contribution in [-0.4, -0.2) is 25.1 Å². The Bertz CT molecular complexity index is 1280. The number of benzene rings is 1. The zero-order valence-electron chi connectivity index (χ0n) is 18.5. The molecule has 0 amide bonds. The first kappa shape index (κ1) is 22.7. The Morgan fingerprint density at radius 3 is 2.59 bits per heavy atom. The number of nitrogens with zero attached hydrogens (tertiary/aromatic N) is 1. The van der Waals surface area contributed by atoms with E-state index in [1.54, 1.807) is 17.5 Å². The number of Topliss-reactive ketones (excluding diaryl/α,β-unsaturated/α-hetero) is 1. The lowest BCUT2D eigenvalue weighted by Gasteiger charge is -2.37. The maximum Gasteiger partial charge on any atom is 0.287 e. The predicted molar refractivity (Wildman–Crippen MR) is 127 cm³/mol. The van der Waals surface area contributed by atoms with Gasteiger partial charge in [-0.25, -0.2) is 0 Å². The van der Waals surface area contributed by atoms with Crippen molar-refractivity contribution >= 4 is 43.7 Å². The smallest absolute Gasteiger partial charge is 0.287 e. The third kappa shape index (κ3) is 3.58. The number of sulfonamides is 1. The summed E-state index contributed by atoms with van der Waals surface area (Å²) in [5.41, 5.74) is 6.36. The average Bonchev–Trinajstić information content (AvgIpc) is 3.14. The lowest BCUT2D eigenvalue weighted by atomic mass is 9.65. The average molecular weight is 474 g/mol. The molecule has 1 aromatic heterocycles. The Morgan fingerprint density at radius 1 is 1.25 bits per heavy atom. The first-order valence-corrected chi connectivity index (χ1v) is 12.7. The third-order valence-corrected chi connectivity index (χ3v) is 8.57. The molecule has 0 saturated heterocycles. The van der Waals surface area contributed by atoms with Crippen molar-refractivity contribution in [2.45, 2.75) is 57.4 Å². The monoisotopic (exact) mass is 473 g/mol. The molecule has 0 fully saturated rings. The molecule has 1 aromatic carbocycles. The number of ketones is 1. The van der Waals surface area contributed by atoms with Crippen LogP contribution in [0.15, 0.2) is 44.5 Å². The molecule has 2 aromatic rings. The molecule has 2 heterocycles. The second-order valence-electron chi connectivity index (χ2n) is 9.65. The van der Waals surface area contributed by atoms with Gasteiger partial charge in [0.1, 0.15) is 21.2 Å². The van der Waals surface area contributed by atoms with Gasteiger partial charge >= 0.3 is 0 Å². The number of fused-ring (bicyclic) bond motifs is 2. The van der Waals surface area contributed by atoms with Crippen molar-refractivity contribution in [2.75, 3.05) is 5.32 Å². The number of aliphatic hydroxyl groups is 1. The topological polar surface area (TPSA) is 122 Å². The lowest BCUT2D eigenvalue weighted by Crippen LogP contribution is -2.42. The van der Waals surface area contributed by atoms with Gasteiger partial charge in [-0.3, -0.25) is 4.79 Å². The largest absolute Gasteiger partial charge is 0.506 e. The number of aliphatic hydroxyl groups excluding tert-OH is 1. The standard InChI is InChI=1S/C23H27N3O4S2/c1-22(2,3)9-10-23(4)15-8-6-5-7-14(15)17(27)16(19(23)28)20-25-21-18(32(29,30)26-20)13(11-24)12-31-21/h5-8,12,27H,9-11,24H2,1-4H3,(H,25,26)/t23-/m0/s1. The summed E-state index contributed by atoms with van der Waals surface area (Å²) < 4.78 is 29.8.